The van der Waals surface area contributed by atoms with Gasteiger partial charge in [-0.1, -0.05) is 23.7 Å². The molecule has 0 aromatic heterocycles. The smallest absolute Gasteiger partial charge is 0.224 e. The van der Waals surface area contributed by atoms with Crippen molar-refractivity contribution in [3.8, 4) is 0 Å². The monoisotopic (exact) mass is 255 g/mol. The highest BCUT2D eigenvalue weighted by Gasteiger charge is 2.19. The number of halogens is 1. The zero-order valence-electron chi connectivity index (χ0n) is 10.2. The molecular weight excluding hydrogens is 238 g/mol. The first kappa shape index (κ1) is 14.0. The molecule has 0 bridgehead atoms. The molecule has 0 unspecified atom stereocenters. The molecule has 4 heteroatoms. The van der Waals surface area contributed by atoms with Gasteiger partial charge in [0.1, 0.15) is 0 Å². The van der Waals surface area contributed by atoms with E-state index in [-0.39, 0.29) is 18.1 Å². The first-order valence-corrected chi connectivity index (χ1v) is 5.97. The number of aliphatic hydroxyl groups is 1. The van der Waals surface area contributed by atoms with Gasteiger partial charge in [-0.15, -0.1) is 0 Å². The van der Waals surface area contributed by atoms with Gasteiger partial charge in [-0.05, 0) is 38.0 Å². The molecule has 2 N–H and O–H groups in total. The lowest BCUT2D eigenvalue weighted by atomic mass is 10.0. The van der Waals surface area contributed by atoms with Gasteiger partial charge in [0.15, 0.2) is 0 Å². The molecule has 1 amide bonds. The number of carbonyl (C=O) groups excluding carboxylic acids is 1. The second-order valence-corrected chi connectivity index (χ2v) is 5.15. The summed E-state index contributed by atoms with van der Waals surface area (Å²) in [5.74, 6) is -0.0502. The van der Waals surface area contributed by atoms with Gasteiger partial charge < -0.3 is 10.4 Å². The lowest BCUT2D eigenvalue weighted by Crippen LogP contribution is -2.44. The predicted molar refractivity (Wildman–Crippen MR) is 69.1 cm³/mol. The summed E-state index contributed by atoms with van der Waals surface area (Å²) in [5.41, 5.74) is 0.546. The molecule has 3 nitrogen and oxygen atoms in total. The van der Waals surface area contributed by atoms with Crippen molar-refractivity contribution in [2.75, 3.05) is 6.61 Å². The van der Waals surface area contributed by atoms with Crippen molar-refractivity contribution in [2.45, 2.75) is 32.2 Å². The fourth-order valence-corrected chi connectivity index (χ4v) is 1.68. The van der Waals surface area contributed by atoms with Crippen molar-refractivity contribution in [2.24, 2.45) is 0 Å². The van der Waals surface area contributed by atoms with E-state index in [1.807, 2.05) is 26.0 Å². The molecule has 0 aliphatic carbocycles. The molecule has 1 aromatic rings. The molecule has 0 radical (unpaired) electrons. The average molecular weight is 256 g/mol. The SMILES string of the molecule is CC(C)(CCO)NC(=O)Cc1ccc(Cl)cc1. The summed E-state index contributed by atoms with van der Waals surface area (Å²) in [6.07, 6.45) is 0.866. The van der Waals surface area contributed by atoms with Crippen molar-refractivity contribution in [3.63, 3.8) is 0 Å². The lowest BCUT2D eigenvalue weighted by molar-refractivity contribution is -0.122. The van der Waals surface area contributed by atoms with Gasteiger partial charge in [-0.3, -0.25) is 4.79 Å². The summed E-state index contributed by atoms with van der Waals surface area (Å²) >= 11 is 5.77. The molecule has 0 saturated heterocycles. The topological polar surface area (TPSA) is 49.3 Å². The minimum absolute atomic E-state index is 0.0502. The van der Waals surface area contributed by atoms with Gasteiger partial charge in [0.25, 0.3) is 0 Å². The van der Waals surface area contributed by atoms with Gasteiger partial charge in [-0.25, -0.2) is 0 Å². The van der Waals surface area contributed by atoms with Gasteiger partial charge >= 0.3 is 0 Å². The Labute approximate surface area is 107 Å². The normalized spacial score (nSPS) is 11.3. The van der Waals surface area contributed by atoms with Crippen molar-refractivity contribution < 1.29 is 9.90 Å². The molecule has 0 atom stereocenters. The van der Waals surface area contributed by atoms with Crippen LogP contribution < -0.4 is 5.32 Å². The van der Waals surface area contributed by atoms with E-state index in [9.17, 15) is 4.79 Å². The maximum atomic E-state index is 11.8. The Morgan fingerprint density at radius 2 is 1.94 bits per heavy atom. The molecule has 1 rings (SSSR count). The third-order valence-corrected chi connectivity index (χ3v) is 2.74. The highest BCUT2D eigenvalue weighted by atomic mass is 35.5. The Morgan fingerprint density at radius 1 is 1.35 bits per heavy atom. The molecule has 17 heavy (non-hydrogen) atoms. The first-order chi connectivity index (χ1) is 7.93. The quantitative estimate of drug-likeness (QED) is 0.847. The van der Waals surface area contributed by atoms with Crippen LogP contribution in [0.25, 0.3) is 0 Å². The zero-order chi connectivity index (χ0) is 12.9. The van der Waals surface area contributed by atoms with Crippen LogP contribution in [-0.4, -0.2) is 23.2 Å². The summed E-state index contributed by atoms with van der Waals surface area (Å²) < 4.78 is 0. The van der Waals surface area contributed by atoms with Crippen molar-refractivity contribution >= 4 is 17.5 Å². The van der Waals surface area contributed by atoms with Crippen molar-refractivity contribution in [1.29, 1.82) is 0 Å². The minimum atomic E-state index is -0.377. The van der Waals surface area contributed by atoms with Crippen LogP contribution >= 0.6 is 11.6 Å². The average Bonchev–Trinajstić information content (AvgIpc) is 2.20. The van der Waals surface area contributed by atoms with E-state index in [1.165, 1.54) is 0 Å². The number of aliphatic hydroxyl groups excluding tert-OH is 1. The Kier molecular flexibility index (Phi) is 4.97. The molecule has 0 spiro atoms. The molecule has 0 aliphatic heterocycles. The maximum absolute atomic E-state index is 11.8. The zero-order valence-corrected chi connectivity index (χ0v) is 10.9. The van der Waals surface area contributed by atoms with E-state index in [4.69, 9.17) is 16.7 Å². The van der Waals surface area contributed by atoms with Gasteiger partial charge in [0.2, 0.25) is 5.91 Å². The van der Waals surface area contributed by atoms with Gasteiger partial charge in [0, 0.05) is 17.2 Å². The Balaban J connectivity index is 2.52. The molecule has 1 aromatic carbocycles. The Morgan fingerprint density at radius 3 is 2.47 bits per heavy atom. The van der Waals surface area contributed by atoms with Crippen LogP contribution in [0.2, 0.25) is 5.02 Å². The number of amides is 1. The number of carbonyl (C=O) groups is 1. The number of benzene rings is 1. The fourth-order valence-electron chi connectivity index (χ4n) is 1.55. The second-order valence-electron chi connectivity index (χ2n) is 4.71. The highest BCUT2D eigenvalue weighted by Crippen LogP contribution is 2.11. The van der Waals surface area contributed by atoms with Crippen molar-refractivity contribution in [3.05, 3.63) is 34.9 Å². The van der Waals surface area contributed by atoms with Crippen LogP contribution in [0.1, 0.15) is 25.8 Å². The largest absolute Gasteiger partial charge is 0.396 e. The molecule has 0 fully saturated rings. The van der Waals surface area contributed by atoms with Gasteiger partial charge in [0.05, 0.1) is 6.42 Å². The summed E-state index contributed by atoms with van der Waals surface area (Å²) in [7, 11) is 0. The van der Waals surface area contributed by atoms with Crippen LogP contribution in [0.15, 0.2) is 24.3 Å². The summed E-state index contributed by atoms with van der Waals surface area (Å²) in [4.78, 5) is 11.8. The molecular formula is C13H18ClNO2. The van der Waals surface area contributed by atoms with Crippen molar-refractivity contribution in [1.82, 2.24) is 5.32 Å². The first-order valence-electron chi connectivity index (χ1n) is 5.59. The second kappa shape index (κ2) is 6.03. The van der Waals surface area contributed by atoms with E-state index >= 15 is 0 Å². The molecule has 0 saturated carbocycles. The third kappa shape index (κ3) is 5.20. The highest BCUT2D eigenvalue weighted by molar-refractivity contribution is 6.30. The van der Waals surface area contributed by atoms with E-state index in [2.05, 4.69) is 5.32 Å². The Hall–Kier alpha value is -1.06. The maximum Gasteiger partial charge on any atom is 0.224 e. The van der Waals surface area contributed by atoms with E-state index < -0.39 is 0 Å². The number of hydrogen-bond donors (Lipinski definition) is 2. The lowest BCUT2D eigenvalue weighted by Gasteiger charge is -2.25. The molecule has 0 aliphatic rings. The van der Waals surface area contributed by atoms with E-state index in [1.54, 1.807) is 12.1 Å². The van der Waals surface area contributed by atoms with Crippen LogP contribution in [-0.2, 0) is 11.2 Å². The number of hydrogen-bond acceptors (Lipinski definition) is 2. The van der Waals surface area contributed by atoms with E-state index in [0.29, 0.717) is 17.9 Å². The van der Waals surface area contributed by atoms with Crippen LogP contribution in [0.3, 0.4) is 0 Å². The Bertz CT molecular complexity index is 374. The van der Waals surface area contributed by atoms with E-state index in [0.717, 1.165) is 5.56 Å². The fraction of sp³-hybridized carbons (Fsp3) is 0.462. The number of rotatable bonds is 5. The molecule has 0 heterocycles. The standard InChI is InChI=1S/C13H18ClNO2/c1-13(2,7-8-16)15-12(17)9-10-3-5-11(14)6-4-10/h3-6,16H,7-9H2,1-2H3,(H,15,17). The van der Waals surface area contributed by atoms with Crippen LogP contribution in [0, 0.1) is 0 Å². The van der Waals surface area contributed by atoms with Crippen LogP contribution in [0.5, 0.6) is 0 Å². The third-order valence-electron chi connectivity index (χ3n) is 2.49. The minimum Gasteiger partial charge on any atom is -0.396 e. The molecule has 94 valence electrons. The van der Waals surface area contributed by atoms with Gasteiger partial charge in [-0.2, -0.15) is 0 Å². The summed E-state index contributed by atoms with van der Waals surface area (Å²) in [5, 5.41) is 12.4. The summed E-state index contributed by atoms with van der Waals surface area (Å²) in [6, 6.07) is 7.20. The number of nitrogens with one attached hydrogen (secondary N) is 1. The summed E-state index contributed by atoms with van der Waals surface area (Å²) in [6.45, 7) is 3.85. The predicted octanol–water partition coefficient (Wildman–Crippen LogP) is 2.16. The van der Waals surface area contributed by atoms with Crippen LogP contribution in [0.4, 0.5) is 0 Å².